The Bertz CT molecular complexity index is 3040. The minimum absolute atomic E-state index is 1.20. The highest BCUT2D eigenvalue weighted by Crippen LogP contribution is 2.45. The molecule has 45 heavy (non-hydrogen) atoms. The molecule has 0 saturated heterocycles. The monoisotopic (exact) mass is 588 g/mol. The number of nitrogens with zero attached hydrogens (tertiary/aromatic N) is 2. The molecule has 2 nitrogen and oxygen atoms in total. The molecule has 0 spiro atoms. The van der Waals surface area contributed by atoms with Crippen molar-refractivity contribution in [3.63, 3.8) is 0 Å². The summed E-state index contributed by atoms with van der Waals surface area (Å²) in [5.41, 5.74) is 9.93. The van der Waals surface area contributed by atoms with Crippen LogP contribution in [0.25, 0.3) is 96.7 Å². The van der Waals surface area contributed by atoms with Crippen molar-refractivity contribution in [2.45, 2.75) is 0 Å². The number of aromatic nitrogens is 2. The molecule has 0 fully saturated rings. The maximum atomic E-state index is 2.51. The number of hydrogen-bond acceptors (Lipinski definition) is 1. The van der Waals surface area contributed by atoms with Gasteiger partial charge in [0.1, 0.15) is 0 Å². The molecule has 0 aliphatic heterocycles. The Morgan fingerprint density at radius 2 is 0.822 bits per heavy atom. The Hall–Kier alpha value is -5.64. The largest absolute Gasteiger partial charge is 0.307 e. The fraction of sp³-hybridized carbons (Fsp3) is 0. The van der Waals surface area contributed by atoms with Crippen molar-refractivity contribution < 1.29 is 0 Å². The van der Waals surface area contributed by atoms with E-state index in [2.05, 4.69) is 154 Å². The third-order valence-electron chi connectivity index (χ3n) is 9.83. The molecule has 11 rings (SSSR count). The number of hydrogen-bond donors (Lipinski definition) is 0. The molecular weight excluding hydrogens is 565 g/mol. The molecule has 11 aromatic rings. The van der Waals surface area contributed by atoms with Crippen molar-refractivity contribution in [3.05, 3.63) is 146 Å². The topological polar surface area (TPSA) is 8.82 Å². The number of benzene rings is 7. The third-order valence-corrected chi connectivity index (χ3v) is 11.1. The smallest absolute Gasteiger partial charge is 0.0703 e. The molecule has 0 aliphatic carbocycles. The van der Waals surface area contributed by atoms with Crippen LogP contribution >= 0.6 is 11.3 Å². The highest BCUT2D eigenvalue weighted by Gasteiger charge is 2.20. The predicted molar refractivity (Wildman–Crippen MR) is 194 cm³/mol. The van der Waals surface area contributed by atoms with E-state index in [0.29, 0.717) is 0 Å². The summed E-state index contributed by atoms with van der Waals surface area (Å²) in [5.74, 6) is 0. The van der Waals surface area contributed by atoms with Crippen LogP contribution in [0.15, 0.2) is 146 Å². The zero-order valence-electron chi connectivity index (χ0n) is 24.2. The van der Waals surface area contributed by atoms with Gasteiger partial charge < -0.3 is 8.80 Å². The van der Waals surface area contributed by atoms with E-state index in [1.54, 1.807) is 0 Å². The summed E-state index contributed by atoms with van der Waals surface area (Å²) in [6.07, 6.45) is 0. The number of fused-ring (bicyclic) bond motifs is 13. The molecule has 4 aromatic heterocycles. The van der Waals surface area contributed by atoms with Crippen LogP contribution in [0.5, 0.6) is 0 Å². The summed E-state index contributed by atoms with van der Waals surface area (Å²) >= 11 is 1.90. The van der Waals surface area contributed by atoms with Crippen LogP contribution in [0.3, 0.4) is 0 Å². The standard InChI is InChI=1S/C42H24N2S/c1-4-18-35-27(11-1)30-15-10-16-31-34-24-25(26-14-9-17-32-29-13-3-8-22-39(29)45-42(26)32)23-33-28-12-2-5-19-36(28)44(41(33)34)38-21-7-6-20-37(38)43(35)40(30)31/h1-24H. The lowest BCUT2D eigenvalue weighted by atomic mass is 9.97. The maximum absolute atomic E-state index is 2.51. The van der Waals surface area contributed by atoms with Gasteiger partial charge in [0.2, 0.25) is 0 Å². The Kier molecular flexibility index (Phi) is 4.49. The summed E-state index contributed by atoms with van der Waals surface area (Å²) in [5, 5.41) is 10.3. The van der Waals surface area contributed by atoms with Crippen molar-refractivity contribution in [1.29, 1.82) is 0 Å². The molecule has 0 bridgehead atoms. The molecule has 3 heteroatoms. The van der Waals surface area contributed by atoms with Gasteiger partial charge in [0, 0.05) is 52.5 Å². The van der Waals surface area contributed by atoms with Gasteiger partial charge in [-0.05, 0) is 53.6 Å². The molecule has 4 heterocycles. The fourth-order valence-corrected chi connectivity index (χ4v) is 9.25. The Morgan fingerprint density at radius 3 is 1.53 bits per heavy atom. The van der Waals surface area contributed by atoms with Crippen LogP contribution in [0.1, 0.15) is 0 Å². The highest BCUT2D eigenvalue weighted by atomic mass is 32.1. The van der Waals surface area contributed by atoms with E-state index in [9.17, 15) is 0 Å². The zero-order chi connectivity index (χ0) is 29.2. The van der Waals surface area contributed by atoms with E-state index < -0.39 is 0 Å². The summed E-state index contributed by atoms with van der Waals surface area (Å²) in [6.45, 7) is 0. The predicted octanol–water partition coefficient (Wildman–Crippen LogP) is 12.0. The van der Waals surface area contributed by atoms with Gasteiger partial charge in [-0.15, -0.1) is 11.3 Å². The van der Waals surface area contributed by atoms with Crippen molar-refractivity contribution in [3.8, 4) is 11.1 Å². The highest BCUT2D eigenvalue weighted by molar-refractivity contribution is 7.26. The first-order valence-corrected chi connectivity index (χ1v) is 16.3. The molecule has 0 aliphatic rings. The Balaban J connectivity index is 1.46. The van der Waals surface area contributed by atoms with Crippen LogP contribution < -0.4 is 0 Å². The molecule has 7 aromatic carbocycles. The molecule has 208 valence electrons. The number of para-hydroxylation sites is 5. The van der Waals surface area contributed by atoms with Crippen LogP contribution in [0.2, 0.25) is 0 Å². The second-order valence-electron chi connectivity index (χ2n) is 12.1. The van der Waals surface area contributed by atoms with Gasteiger partial charge >= 0.3 is 0 Å². The summed E-state index contributed by atoms with van der Waals surface area (Å²) in [7, 11) is 0. The summed E-state index contributed by atoms with van der Waals surface area (Å²) in [4.78, 5) is 0. The van der Waals surface area contributed by atoms with Gasteiger partial charge in [0.25, 0.3) is 0 Å². The van der Waals surface area contributed by atoms with Crippen molar-refractivity contribution in [2.24, 2.45) is 0 Å². The summed E-state index contributed by atoms with van der Waals surface area (Å²) in [6, 6.07) is 54.0. The first kappa shape index (κ1) is 23.8. The fourth-order valence-electron chi connectivity index (χ4n) is 8.01. The average molecular weight is 589 g/mol. The minimum Gasteiger partial charge on any atom is -0.307 e. The number of rotatable bonds is 1. The Labute approximate surface area is 261 Å². The molecule has 0 radical (unpaired) electrons. The van der Waals surface area contributed by atoms with Gasteiger partial charge in [0.15, 0.2) is 0 Å². The second kappa shape index (κ2) is 8.50. The number of thiophene rings is 1. The van der Waals surface area contributed by atoms with Crippen molar-refractivity contribution >= 4 is 96.9 Å². The van der Waals surface area contributed by atoms with Crippen LogP contribution in [0.4, 0.5) is 0 Å². The van der Waals surface area contributed by atoms with E-state index >= 15 is 0 Å². The van der Waals surface area contributed by atoms with E-state index in [4.69, 9.17) is 0 Å². The van der Waals surface area contributed by atoms with Crippen molar-refractivity contribution in [1.82, 2.24) is 8.80 Å². The molecule has 0 N–H and O–H groups in total. The van der Waals surface area contributed by atoms with Gasteiger partial charge in [-0.2, -0.15) is 0 Å². The van der Waals surface area contributed by atoms with Gasteiger partial charge in [-0.1, -0.05) is 103 Å². The molecule has 0 atom stereocenters. The van der Waals surface area contributed by atoms with Gasteiger partial charge in [-0.25, -0.2) is 0 Å². The molecule has 0 unspecified atom stereocenters. The first-order valence-electron chi connectivity index (χ1n) is 15.5. The SMILES string of the molecule is c1ccc2c(c1)sc1c(-c3cc4c5ccccc5n5c6ccccc6n6c7ccccc7c7cccc(c(c3)c45)c76)cccc12. The second-order valence-corrected chi connectivity index (χ2v) is 13.1. The maximum Gasteiger partial charge on any atom is 0.0703 e. The lowest BCUT2D eigenvalue weighted by Crippen LogP contribution is -1.94. The van der Waals surface area contributed by atoms with Gasteiger partial charge in [0.05, 0.1) is 33.1 Å². The molecule has 0 amide bonds. The van der Waals surface area contributed by atoms with Crippen LogP contribution in [-0.4, -0.2) is 8.80 Å². The molecular formula is C42H24N2S. The normalized spacial score (nSPS) is 12.4. The summed E-state index contributed by atoms with van der Waals surface area (Å²) < 4.78 is 7.68. The van der Waals surface area contributed by atoms with Crippen LogP contribution in [-0.2, 0) is 0 Å². The lowest BCUT2D eigenvalue weighted by Gasteiger charge is -2.12. The zero-order valence-corrected chi connectivity index (χ0v) is 25.0. The minimum atomic E-state index is 1.20. The van der Waals surface area contributed by atoms with Crippen LogP contribution in [0, 0.1) is 0 Å². The van der Waals surface area contributed by atoms with E-state index in [0.717, 1.165) is 0 Å². The molecule has 0 saturated carbocycles. The lowest BCUT2D eigenvalue weighted by molar-refractivity contribution is 1.29. The van der Waals surface area contributed by atoms with E-state index in [1.165, 1.54) is 96.7 Å². The first-order chi connectivity index (χ1) is 22.3. The third kappa shape index (κ3) is 2.98. The van der Waals surface area contributed by atoms with Crippen molar-refractivity contribution in [2.75, 3.05) is 0 Å². The van der Waals surface area contributed by atoms with Gasteiger partial charge in [-0.3, -0.25) is 0 Å². The quantitative estimate of drug-likeness (QED) is 0.180. The average Bonchev–Trinajstić information content (AvgIpc) is 3.75. The Morgan fingerprint density at radius 1 is 0.356 bits per heavy atom. The van der Waals surface area contributed by atoms with E-state index in [-0.39, 0.29) is 0 Å². The van der Waals surface area contributed by atoms with E-state index in [1.807, 2.05) is 11.3 Å².